The molecule has 180 valence electrons. The molecule has 7 heteroatoms. The van der Waals surface area contributed by atoms with Crippen molar-refractivity contribution in [3.8, 4) is 5.75 Å². The molecule has 2 aromatic rings. The predicted molar refractivity (Wildman–Crippen MR) is 134 cm³/mol. The van der Waals surface area contributed by atoms with Crippen LogP contribution >= 0.6 is 0 Å². The van der Waals surface area contributed by atoms with Crippen molar-refractivity contribution in [2.75, 3.05) is 18.4 Å². The first-order valence-electron chi connectivity index (χ1n) is 12.6. The lowest BCUT2D eigenvalue weighted by Crippen LogP contribution is -2.74. The molecule has 0 radical (unpaired) electrons. The zero-order valence-corrected chi connectivity index (χ0v) is 19.6. The highest BCUT2D eigenvalue weighted by Gasteiger charge is 2.64. The summed E-state index contributed by atoms with van der Waals surface area (Å²) >= 11 is 0. The van der Waals surface area contributed by atoms with E-state index >= 15 is 0 Å². The summed E-state index contributed by atoms with van der Waals surface area (Å²) in [7, 11) is 0. The average Bonchev–Trinajstić information content (AvgIpc) is 3.62. The average molecular weight is 462 g/mol. The van der Waals surface area contributed by atoms with E-state index < -0.39 is 5.60 Å². The van der Waals surface area contributed by atoms with Crippen molar-refractivity contribution in [3.63, 3.8) is 0 Å². The normalized spacial score (nSPS) is 32.4. The van der Waals surface area contributed by atoms with Crippen molar-refractivity contribution >= 4 is 17.3 Å². The van der Waals surface area contributed by atoms with Crippen LogP contribution in [0.3, 0.4) is 0 Å². The molecule has 7 N–H and O–H groups in total. The highest BCUT2D eigenvalue weighted by Crippen LogP contribution is 2.59. The van der Waals surface area contributed by atoms with Gasteiger partial charge in [0.05, 0.1) is 11.3 Å². The van der Waals surface area contributed by atoms with E-state index in [0.717, 1.165) is 68.0 Å². The summed E-state index contributed by atoms with van der Waals surface area (Å²) < 4.78 is 0. The van der Waals surface area contributed by atoms with Crippen LogP contribution in [-0.2, 0) is 11.8 Å². The van der Waals surface area contributed by atoms with E-state index in [4.69, 9.17) is 11.5 Å². The van der Waals surface area contributed by atoms with Crippen LogP contribution in [0.25, 0.3) is 0 Å². The topological polar surface area (TPSA) is 120 Å². The number of phenolic OH excluding ortho intramolecular Hbond substituents is 1. The molecule has 6 rings (SSSR count). The Morgan fingerprint density at radius 3 is 2.62 bits per heavy atom. The Kier molecular flexibility index (Phi) is 5.04. The third-order valence-electron chi connectivity index (χ3n) is 8.82. The van der Waals surface area contributed by atoms with E-state index in [1.807, 2.05) is 30.3 Å². The Morgan fingerprint density at radius 2 is 1.88 bits per heavy atom. The smallest absolute Gasteiger partial charge is 0.191 e. The van der Waals surface area contributed by atoms with Gasteiger partial charge in [-0.2, -0.15) is 0 Å². The van der Waals surface area contributed by atoms with E-state index in [-0.39, 0.29) is 23.5 Å². The van der Waals surface area contributed by atoms with E-state index in [2.05, 4.69) is 21.3 Å². The fourth-order valence-corrected chi connectivity index (χ4v) is 7.09. The molecule has 1 aliphatic heterocycles. The van der Waals surface area contributed by atoms with E-state index in [1.54, 1.807) is 6.07 Å². The van der Waals surface area contributed by atoms with Crippen molar-refractivity contribution < 1.29 is 10.2 Å². The van der Waals surface area contributed by atoms with Crippen molar-refractivity contribution in [1.29, 1.82) is 0 Å². The third-order valence-corrected chi connectivity index (χ3v) is 8.82. The van der Waals surface area contributed by atoms with Crippen LogP contribution in [0.15, 0.2) is 47.5 Å². The van der Waals surface area contributed by atoms with Gasteiger partial charge in [0.2, 0.25) is 0 Å². The Balaban J connectivity index is 1.31. The van der Waals surface area contributed by atoms with Gasteiger partial charge in [-0.3, -0.25) is 4.90 Å². The van der Waals surface area contributed by atoms with Gasteiger partial charge in [0, 0.05) is 29.7 Å². The van der Waals surface area contributed by atoms with Gasteiger partial charge in [0.1, 0.15) is 5.75 Å². The van der Waals surface area contributed by atoms with Crippen LogP contribution in [0.4, 0.5) is 11.4 Å². The number of aliphatic imine (C=N–C) groups is 1. The quantitative estimate of drug-likeness (QED) is 0.345. The SMILES string of the molecule is NC(N)=Nc1ccc(N[C@@H]2CC[C@@]3(O)[C@H]4Cc5ccc(O)cc5C3(CCN4CC3CC3)C2)cc1. The van der Waals surface area contributed by atoms with Crippen molar-refractivity contribution in [2.45, 2.75) is 68.0 Å². The maximum atomic E-state index is 12.4. The lowest BCUT2D eigenvalue weighted by Gasteiger charge is -2.65. The molecule has 7 nitrogen and oxygen atoms in total. The number of guanidine groups is 1. The summed E-state index contributed by atoms with van der Waals surface area (Å²) in [4.78, 5) is 6.68. The summed E-state index contributed by atoms with van der Waals surface area (Å²) in [5.41, 5.74) is 14.1. The standard InChI is InChI=1S/C27H35N5O2/c28-25(29)31-20-6-4-19(5-7-20)30-21-9-10-27(34)24-13-18-3-8-22(33)14-23(18)26(27,15-21)11-12-32(24)16-17-1-2-17/h3-8,14,17,21,24,30,33-34H,1-2,9-13,15-16H2,(H4,28,29,31)/t21-,24-,26?,27-/m1/s1. The molecule has 34 heavy (non-hydrogen) atoms. The Labute approximate surface area is 200 Å². The fraction of sp³-hybridized carbons (Fsp3) is 0.519. The van der Waals surface area contributed by atoms with Crippen LogP contribution in [0.1, 0.15) is 49.7 Å². The lowest BCUT2D eigenvalue weighted by atomic mass is 9.49. The fourth-order valence-electron chi connectivity index (χ4n) is 7.09. The van der Waals surface area contributed by atoms with Crippen molar-refractivity contribution in [2.24, 2.45) is 22.4 Å². The van der Waals surface area contributed by atoms with Crippen LogP contribution in [0.5, 0.6) is 5.75 Å². The van der Waals surface area contributed by atoms with E-state index in [1.165, 1.54) is 18.4 Å². The Hall–Kier alpha value is -2.77. The minimum absolute atomic E-state index is 0.0492. The first-order chi connectivity index (χ1) is 16.4. The summed E-state index contributed by atoms with van der Waals surface area (Å²) in [5.74, 6) is 1.14. The summed E-state index contributed by atoms with van der Waals surface area (Å²) in [6, 6.07) is 14.0. The number of aliphatic hydroxyl groups is 1. The van der Waals surface area contributed by atoms with Gasteiger partial charge in [0.25, 0.3) is 0 Å². The minimum Gasteiger partial charge on any atom is -0.508 e. The van der Waals surface area contributed by atoms with Crippen molar-refractivity contribution in [3.05, 3.63) is 53.6 Å². The number of rotatable bonds is 5. The minimum atomic E-state index is -0.768. The predicted octanol–water partition coefficient (Wildman–Crippen LogP) is 2.97. The summed E-state index contributed by atoms with van der Waals surface area (Å²) in [6.07, 6.45) is 6.96. The molecule has 1 heterocycles. The van der Waals surface area contributed by atoms with Gasteiger partial charge in [-0.05, 0) is 105 Å². The molecule has 3 aliphatic carbocycles. The molecule has 1 saturated heterocycles. The Bertz CT molecular complexity index is 1110. The molecule has 3 fully saturated rings. The molecule has 0 aromatic heterocycles. The number of nitrogens with zero attached hydrogens (tertiary/aromatic N) is 2. The zero-order chi connectivity index (χ0) is 23.5. The number of fused-ring (bicyclic) bond motifs is 1. The second kappa shape index (κ2) is 7.89. The third kappa shape index (κ3) is 3.53. The van der Waals surface area contributed by atoms with Crippen LogP contribution in [0.2, 0.25) is 0 Å². The highest BCUT2D eigenvalue weighted by molar-refractivity contribution is 5.79. The first-order valence-corrected chi connectivity index (χ1v) is 12.6. The molecule has 1 unspecified atom stereocenters. The summed E-state index contributed by atoms with van der Waals surface area (Å²) in [5, 5.41) is 26.5. The molecule has 0 spiro atoms. The molecule has 4 atom stereocenters. The molecule has 2 saturated carbocycles. The number of hydrogen-bond acceptors (Lipinski definition) is 5. The lowest BCUT2D eigenvalue weighted by molar-refractivity contribution is -0.168. The monoisotopic (exact) mass is 461 g/mol. The van der Waals surface area contributed by atoms with Gasteiger partial charge < -0.3 is 27.0 Å². The van der Waals surface area contributed by atoms with Gasteiger partial charge in [-0.1, -0.05) is 6.07 Å². The number of hydrogen-bond donors (Lipinski definition) is 5. The van der Waals surface area contributed by atoms with Gasteiger partial charge >= 0.3 is 0 Å². The second-order valence-corrected chi connectivity index (χ2v) is 10.9. The van der Waals surface area contributed by atoms with E-state index in [9.17, 15) is 10.2 Å². The number of piperidine rings is 1. The Morgan fingerprint density at radius 1 is 1.09 bits per heavy atom. The molecule has 0 amide bonds. The van der Waals surface area contributed by atoms with E-state index in [0.29, 0.717) is 5.75 Å². The van der Waals surface area contributed by atoms with Crippen LogP contribution in [0, 0.1) is 5.92 Å². The number of nitrogens with one attached hydrogen (secondary N) is 1. The summed E-state index contributed by atoms with van der Waals surface area (Å²) in [6.45, 7) is 2.12. The molecular formula is C27H35N5O2. The number of likely N-dealkylation sites (tertiary alicyclic amines) is 1. The van der Waals surface area contributed by atoms with Crippen molar-refractivity contribution in [1.82, 2.24) is 4.90 Å². The van der Waals surface area contributed by atoms with Crippen LogP contribution < -0.4 is 16.8 Å². The molecular weight excluding hydrogens is 426 g/mol. The maximum Gasteiger partial charge on any atom is 0.191 e. The molecule has 2 bridgehead atoms. The number of aromatic hydroxyl groups is 1. The zero-order valence-electron chi connectivity index (χ0n) is 19.6. The molecule has 2 aromatic carbocycles. The number of benzene rings is 2. The van der Waals surface area contributed by atoms with Gasteiger partial charge in [-0.15, -0.1) is 0 Å². The number of phenols is 1. The van der Waals surface area contributed by atoms with Crippen LogP contribution in [-0.4, -0.2) is 51.8 Å². The highest BCUT2D eigenvalue weighted by atomic mass is 16.3. The van der Waals surface area contributed by atoms with Gasteiger partial charge in [0.15, 0.2) is 5.96 Å². The number of nitrogens with two attached hydrogens (primary N) is 2. The van der Waals surface area contributed by atoms with Gasteiger partial charge in [-0.25, -0.2) is 4.99 Å². The maximum absolute atomic E-state index is 12.4. The number of anilines is 1. The second-order valence-electron chi connectivity index (χ2n) is 10.9. The first kappa shape index (κ1) is 21.7. The molecule has 4 aliphatic rings. The largest absolute Gasteiger partial charge is 0.508 e.